The first-order valence-corrected chi connectivity index (χ1v) is 5.29. The SMILES string of the molecule is O=c1ccc(=O)on2nc(o1)c1ccccc1c2=O. The second-order valence-corrected chi connectivity index (χ2v) is 3.69. The molecular formula is C12H6N2O5. The molecule has 7 heteroatoms. The number of benzene rings is 1. The van der Waals surface area contributed by atoms with Crippen molar-refractivity contribution in [2.75, 3.05) is 0 Å². The van der Waals surface area contributed by atoms with Crippen LogP contribution in [0.3, 0.4) is 0 Å². The van der Waals surface area contributed by atoms with Gasteiger partial charge in [0.2, 0.25) is 0 Å². The summed E-state index contributed by atoms with van der Waals surface area (Å²) < 4.78 is 10.2. The lowest BCUT2D eigenvalue weighted by molar-refractivity contribution is 0.279. The topological polar surface area (TPSA) is 94.8 Å². The van der Waals surface area contributed by atoms with E-state index in [1.165, 1.54) is 6.07 Å². The molecule has 0 radical (unpaired) electrons. The molecule has 0 aliphatic carbocycles. The molecule has 0 unspecified atom stereocenters. The third kappa shape index (κ3) is 1.86. The molecule has 94 valence electrons. The minimum atomic E-state index is -0.894. The summed E-state index contributed by atoms with van der Waals surface area (Å²) in [6, 6.07) is 8.18. The molecule has 0 aliphatic rings. The van der Waals surface area contributed by atoms with Gasteiger partial charge >= 0.3 is 16.8 Å². The second-order valence-electron chi connectivity index (χ2n) is 3.69. The molecule has 0 atom stereocenters. The number of hydrogen-bond acceptors (Lipinski definition) is 6. The molecule has 0 spiro atoms. The van der Waals surface area contributed by atoms with Crippen LogP contribution >= 0.6 is 0 Å². The highest BCUT2D eigenvalue weighted by Gasteiger charge is 2.07. The molecule has 2 heterocycles. The number of aromatic nitrogens is 2. The Morgan fingerprint density at radius 3 is 2.37 bits per heavy atom. The van der Waals surface area contributed by atoms with Gasteiger partial charge in [-0.3, -0.25) is 4.79 Å². The lowest BCUT2D eigenvalue weighted by Gasteiger charge is -1.96. The van der Waals surface area contributed by atoms with Gasteiger partial charge in [-0.2, -0.15) is 0 Å². The predicted octanol–water partition coefficient (Wildman–Crippen LogP) is 0.316. The minimum Gasteiger partial charge on any atom is -0.402 e. The molecule has 0 amide bonds. The average Bonchev–Trinajstić information content (AvgIpc) is 2.47. The van der Waals surface area contributed by atoms with Gasteiger partial charge in [0.1, 0.15) is 0 Å². The van der Waals surface area contributed by atoms with Crippen LogP contribution in [0.25, 0.3) is 16.5 Å². The van der Waals surface area contributed by atoms with E-state index in [9.17, 15) is 14.4 Å². The van der Waals surface area contributed by atoms with E-state index in [4.69, 9.17) is 8.94 Å². The minimum absolute atomic E-state index is 0.0976. The Balaban J connectivity index is 2.77. The predicted molar refractivity (Wildman–Crippen MR) is 64.9 cm³/mol. The fraction of sp³-hybridized carbons (Fsp3) is 0. The van der Waals surface area contributed by atoms with E-state index < -0.39 is 16.8 Å². The third-order valence-corrected chi connectivity index (χ3v) is 2.47. The van der Waals surface area contributed by atoms with E-state index in [1.807, 2.05) is 0 Å². The quantitative estimate of drug-likeness (QED) is 0.576. The van der Waals surface area contributed by atoms with Crippen LogP contribution in [0.1, 0.15) is 0 Å². The van der Waals surface area contributed by atoms with E-state index >= 15 is 0 Å². The maximum absolute atomic E-state index is 12.0. The molecule has 0 saturated heterocycles. The Morgan fingerprint density at radius 1 is 0.895 bits per heavy atom. The number of nitrogens with zero attached hydrogens (tertiary/aromatic N) is 2. The van der Waals surface area contributed by atoms with Gasteiger partial charge in [-0.15, -0.1) is 0 Å². The maximum atomic E-state index is 12.0. The molecule has 2 bridgehead atoms. The van der Waals surface area contributed by atoms with Crippen molar-refractivity contribution in [1.29, 1.82) is 0 Å². The standard InChI is InChI=1S/C12H6N2O5/c15-9-5-6-10(16)19-14-12(17)8-4-2-1-3-7(8)11(13-14)18-9/h1-6H. The number of hydrogen-bond donors (Lipinski definition) is 0. The molecule has 7 nitrogen and oxygen atoms in total. The van der Waals surface area contributed by atoms with E-state index in [1.54, 1.807) is 18.2 Å². The largest absolute Gasteiger partial charge is 0.402 e. The highest BCUT2D eigenvalue weighted by molar-refractivity contribution is 5.91. The zero-order valence-corrected chi connectivity index (χ0v) is 9.40. The van der Waals surface area contributed by atoms with Gasteiger partial charge in [0.05, 0.1) is 10.8 Å². The van der Waals surface area contributed by atoms with Gasteiger partial charge in [0, 0.05) is 12.1 Å². The molecule has 0 fully saturated rings. The monoisotopic (exact) mass is 258 g/mol. The van der Waals surface area contributed by atoms with Crippen molar-refractivity contribution in [3.8, 4) is 0 Å². The molecule has 0 aliphatic heterocycles. The van der Waals surface area contributed by atoms with Crippen molar-refractivity contribution < 1.29 is 8.94 Å². The molecule has 3 rings (SSSR count). The zero-order valence-electron chi connectivity index (χ0n) is 9.40. The van der Waals surface area contributed by atoms with Crippen LogP contribution in [0.4, 0.5) is 0 Å². The highest BCUT2D eigenvalue weighted by Crippen LogP contribution is 2.11. The average molecular weight is 258 g/mol. The Hall–Kier alpha value is -2.96. The van der Waals surface area contributed by atoms with E-state index in [2.05, 4.69) is 5.10 Å². The fourth-order valence-electron chi connectivity index (χ4n) is 1.66. The van der Waals surface area contributed by atoms with Gasteiger partial charge in [0.15, 0.2) is 0 Å². The van der Waals surface area contributed by atoms with Crippen molar-refractivity contribution in [3.05, 3.63) is 67.6 Å². The van der Waals surface area contributed by atoms with Crippen LogP contribution in [-0.2, 0) is 0 Å². The summed E-state index contributed by atoms with van der Waals surface area (Å²) >= 11 is 0. The summed E-state index contributed by atoms with van der Waals surface area (Å²) in [5.41, 5.74) is -2.38. The van der Waals surface area contributed by atoms with Crippen molar-refractivity contribution in [2.45, 2.75) is 0 Å². The van der Waals surface area contributed by atoms with Crippen molar-refractivity contribution in [3.63, 3.8) is 0 Å². The van der Waals surface area contributed by atoms with Crippen LogP contribution in [0.5, 0.6) is 0 Å². The summed E-state index contributed by atoms with van der Waals surface area (Å²) in [7, 11) is 0. The van der Waals surface area contributed by atoms with Crippen molar-refractivity contribution in [1.82, 2.24) is 9.79 Å². The summed E-state index contributed by atoms with van der Waals surface area (Å²) in [4.78, 5) is 34.7. The van der Waals surface area contributed by atoms with Crippen LogP contribution in [0.2, 0.25) is 0 Å². The van der Waals surface area contributed by atoms with Crippen LogP contribution < -0.4 is 16.8 Å². The summed E-state index contributed by atoms with van der Waals surface area (Å²) in [5.74, 6) is 0. The first kappa shape index (κ1) is 11.1. The molecule has 19 heavy (non-hydrogen) atoms. The Morgan fingerprint density at radius 2 is 1.58 bits per heavy atom. The summed E-state index contributed by atoms with van der Waals surface area (Å²) in [6.07, 6.45) is 0. The Labute approximate surface area is 103 Å². The first-order valence-electron chi connectivity index (χ1n) is 5.29. The molecule has 0 N–H and O–H groups in total. The van der Waals surface area contributed by atoms with Gasteiger partial charge in [-0.1, -0.05) is 17.2 Å². The van der Waals surface area contributed by atoms with Gasteiger partial charge in [-0.25, -0.2) is 9.59 Å². The second kappa shape index (κ2) is 4.05. The number of rotatable bonds is 0. The molecule has 1 aromatic carbocycles. The van der Waals surface area contributed by atoms with Crippen molar-refractivity contribution in [2.24, 2.45) is 0 Å². The Bertz CT molecular complexity index is 981. The normalized spacial score (nSPS) is 10.7. The van der Waals surface area contributed by atoms with Crippen LogP contribution in [0, 0.1) is 0 Å². The van der Waals surface area contributed by atoms with Crippen molar-refractivity contribution >= 4 is 16.5 Å². The molecule has 2 aromatic heterocycles. The van der Waals surface area contributed by atoms with E-state index in [0.717, 1.165) is 12.1 Å². The zero-order chi connectivity index (χ0) is 13.4. The summed E-state index contributed by atoms with van der Waals surface area (Å²) in [6.45, 7) is 0. The summed E-state index contributed by atoms with van der Waals surface area (Å²) in [5, 5.41) is 4.29. The van der Waals surface area contributed by atoms with E-state index in [-0.39, 0.29) is 11.1 Å². The lowest BCUT2D eigenvalue weighted by atomic mass is 10.2. The molecule has 0 saturated carbocycles. The van der Waals surface area contributed by atoms with Gasteiger partial charge in [-0.05, 0) is 16.8 Å². The van der Waals surface area contributed by atoms with Gasteiger partial charge < -0.3 is 8.94 Å². The van der Waals surface area contributed by atoms with Gasteiger partial charge in [0.25, 0.3) is 5.71 Å². The highest BCUT2D eigenvalue weighted by atomic mass is 16.5. The third-order valence-electron chi connectivity index (χ3n) is 2.47. The smallest absolute Gasteiger partial charge is 0.358 e. The molecular weight excluding hydrogens is 252 g/mol. The first-order chi connectivity index (χ1) is 9.15. The molecule has 3 aromatic rings. The number of fused-ring (bicyclic) bond motifs is 4. The van der Waals surface area contributed by atoms with Crippen LogP contribution in [-0.4, -0.2) is 9.79 Å². The fourth-order valence-corrected chi connectivity index (χ4v) is 1.66. The lowest BCUT2D eigenvalue weighted by Crippen LogP contribution is -2.17. The van der Waals surface area contributed by atoms with E-state index in [0.29, 0.717) is 10.1 Å². The maximum Gasteiger partial charge on any atom is 0.358 e. The Kier molecular flexibility index (Phi) is 2.38. The van der Waals surface area contributed by atoms with Crippen LogP contribution in [0.15, 0.2) is 59.7 Å².